The minimum Gasteiger partial charge on any atom is -0.378 e. The summed E-state index contributed by atoms with van der Waals surface area (Å²) >= 11 is 0. The summed E-state index contributed by atoms with van der Waals surface area (Å²) < 4.78 is 7.07. The molecule has 6 heteroatoms. The van der Waals surface area contributed by atoms with Gasteiger partial charge >= 0.3 is 0 Å². The summed E-state index contributed by atoms with van der Waals surface area (Å²) in [5.41, 5.74) is 5.58. The van der Waals surface area contributed by atoms with Crippen LogP contribution in [0, 0.1) is 13.8 Å². The van der Waals surface area contributed by atoms with E-state index in [0.29, 0.717) is 37.5 Å². The standard InChI is InChI=1S/C19H20N4O2/c1-13-3-4-15(11-14(13)2)17-5-6-20-18-16(12-21-23(17)18)19(24)22-7-9-25-10-8-22/h3-6,11-12H,7-10H2,1-2H3. The summed E-state index contributed by atoms with van der Waals surface area (Å²) in [5, 5.41) is 4.44. The largest absolute Gasteiger partial charge is 0.378 e. The van der Waals surface area contributed by atoms with Crippen LogP contribution in [0.25, 0.3) is 16.9 Å². The molecular formula is C19H20N4O2. The molecule has 0 aliphatic carbocycles. The SMILES string of the molecule is Cc1ccc(-c2ccnc3c(C(=O)N4CCOCC4)cnn23)cc1C. The van der Waals surface area contributed by atoms with Crippen LogP contribution >= 0.6 is 0 Å². The molecular weight excluding hydrogens is 316 g/mol. The van der Waals surface area contributed by atoms with Crippen LogP contribution in [0.5, 0.6) is 0 Å². The minimum absolute atomic E-state index is 0.0389. The fraction of sp³-hybridized carbons (Fsp3) is 0.316. The van der Waals surface area contributed by atoms with Crippen molar-refractivity contribution in [2.75, 3.05) is 26.3 Å². The zero-order chi connectivity index (χ0) is 17.4. The maximum atomic E-state index is 12.8. The number of fused-ring (bicyclic) bond motifs is 1. The highest BCUT2D eigenvalue weighted by atomic mass is 16.5. The van der Waals surface area contributed by atoms with Gasteiger partial charge in [0.05, 0.1) is 25.1 Å². The van der Waals surface area contributed by atoms with Gasteiger partial charge in [0.1, 0.15) is 5.56 Å². The van der Waals surface area contributed by atoms with Gasteiger partial charge in [0.15, 0.2) is 5.65 Å². The van der Waals surface area contributed by atoms with Crippen LogP contribution in [-0.2, 0) is 4.74 Å². The Morgan fingerprint density at radius 2 is 1.92 bits per heavy atom. The van der Waals surface area contributed by atoms with Crippen LogP contribution in [0.2, 0.25) is 0 Å². The van der Waals surface area contributed by atoms with Gasteiger partial charge in [0, 0.05) is 24.8 Å². The van der Waals surface area contributed by atoms with Crippen LogP contribution in [0.15, 0.2) is 36.7 Å². The summed E-state index contributed by atoms with van der Waals surface area (Å²) in [4.78, 5) is 19.0. The Bertz CT molecular complexity index is 942. The van der Waals surface area contributed by atoms with Crippen LogP contribution in [0.1, 0.15) is 21.5 Å². The molecule has 1 aromatic carbocycles. The molecule has 25 heavy (non-hydrogen) atoms. The first-order valence-electron chi connectivity index (χ1n) is 8.42. The van der Waals surface area contributed by atoms with E-state index in [1.165, 1.54) is 11.1 Å². The number of rotatable bonds is 2. The molecule has 0 bridgehead atoms. The van der Waals surface area contributed by atoms with Crippen LogP contribution in [-0.4, -0.2) is 51.7 Å². The molecule has 3 heterocycles. The Balaban J connectivity index is 1.77. The van der Waals surface area contributed by atoms with Gasteiger partial charge in [0.25, 0.3) is 5.91 Å². The van der Waals surface area contributed by atoms with Crippen molar-refractivity contribution in [3.05, 3.63) is 53.3 Å². The summed E-state index contributed by atoms with van der Waals surface area (Å²) in [5.74, 6) is -0.0389. The molecule has 1 aliphatic rings. The van der Waals surface area contributed by atoms with Crippen LogP contribution < -0.4 is 0 Å². The summed E-state index contributed by atoms with van der Waals surface area (Å²) in [6.07, 6.45) is 3.35. The number of amides is 1. The van der Waals surface area contributed by atoms with Crippen molar-refractivity contribution in [2.24, 2.45) is 0 Å². The van der Waals surface area contributed by atoms with Crippen molar-refractivity contribution < 1.29 is 9.53 Å². The number of nitrogens with zero attached hydrogens (tertiary/aromatic N) is 4. The van der Waals surface area contributed by atoms with E-state index >= 15 is 0 Å². The lowest BCUT2D eigenvalue weighted by Gasteiger charge is -2.26. The smallest absolute Gasteiger partial charge is 0.259 e. The summed E-state index contributed by atoms with van der Waals surface area (Å²) in [6.45, 7) is 6.54. The predicted molar refractivity (Wildman–Crippen MR) is 94.6 cm³/mol. The predicted octanol–water partition coefficient (Wildman–Crippen LogP) is 2.49. The number of carbonyl (C=O) groups excluding carboxylic acids is 1. The molecule has 1 amide bonds. The van der Waals surface area contributed by atoms with E-state index in [1.807, 2.05) is 6.07 Å². The molecule has 4 rings (SSSR count). The van der Waals surface area contributed by atoms with E-state index in [1.54, 1.807) is 21.8 Å². The maximum absolute atomic E-state index is 12.8. The first-order chi connectivity index (χ1) is 12.1. The Morgan fingerprint density at radius 1 is 1.12 bits per heavy atom. The lowest BCUT2D eigenvalue weighted by molar-refractivity contribution is 0.0304. The third kappa shape index (κ3) is 2.78. The molecule has 0 saturated carbocycles. The van der Waals surface area contributed by atoms with Crippen molar-refractivity contribution in [1.29, 1.82) is 0 Å². The Morgan fingerprint density at radius 3 is 2.68 bits per heavy atom. The Labute approximate surface area is 146 Å². The number of aryl methyl sites for hydroxylation is 2. The molecule has 2 aromatic heterocycles. The lowest BCUT2D eigenvalue weighted by Crippen LogP contribution is -2.40. The van der Waals surface area contributed by atoms with Crippen molar-refractivity contribution in [2.45, 2.75) is 13.8 Å². The number of morpholine rings is 1. The first kappa shape index (κ1) is 15.8. The van der Waals surface area contributed by atoms with Crippen molar-refractivity contribution in [3.63, 3.8) is 0 Å². The fourth-order valence-corrected chi connectivity index (χ4v) is 3.10. The van der Waals surface area contributed by atoms with Gasteiger partial charge in [-0.1, -0.05) is 12.1 Å². The number of ether oxygens (including phenoxy) is 1. The summed E-state index contributed by atoms with van der Waals surface area (Å²) in [7, 11) is 0. The van der Waals surface area contributed by atoms with Crippen molar-refractivity contribution in [1.82, 2.24) is 19.5 Å². The monoisotopic (exact) mass is 336 g/mol. The van der Waals surface area contributed by atoms with Crippen LogP contribution in [0.3, 0.4) is 0 Å². The molecule has 0 atom stereocenters. The second kappa shape index (κ2) is 6.29. The molecule has 3 aromatic rings. The molecule has 0 radical (unpaired) electrons. The van der Waals surface area contributed by atoms with E-state index < -0.39 is 0 Å². The molecule has 1 saturated heterocycles. The van der Waals surface area contributed by atoms with E-state index in [2.05, 4.69) is 42.1 Å². The molecule has 0 N–H and O–H groups in total. The number of hydrogen-bond acceptors (Lipinski definition) is 4. The molecule has 1 fully saturated rings. The number of carbonyl (C=O) groups is 1. The van der Waals surface area contributed by atoms with Crippen molar-refractivity contribution in [3.8, 4) is 11.3 Å². The Hall–Kier alpha value is -2.73. The topological polar surface area (TPSA) is 59.7 Å². The lowest BCUT2D eigenvalue weighted by atomic mass is 10.0. The van der Waals surface area contributed by atoms with Crippen molar-refractivity contribution >= 4 is 11.6 Å². The number of benzene rings is 1. The van der Waals surface area contributed by atoms with Crippen LogP contribution in [0.4, 0.5) is 0 Å². The highest BCUT2D eigenvalue weighted by molar-refractivity contribution is 6.00. The summed E-state index contributed by atoms with van der Waals surface area (Å²) in [6, 6.07) is 8.23. The maximum Gasteiger partial charge on any atom is 0.259 e. The quantitative estimate of drug-likeness (QED) is 0.721. The fourth-order valence-electron chi connectivity index (χ4n) is 3.10. The molecule has 1 aliphatic heterocycles. The van der Waals surface area contributed by atoms with Gasteiger partial charge in [-0.05, 0) is 37.1 Å². The molecule has 128 valence electrons. The third-order valence-corrected chi connectivity index (χ3v) is 4.73. The van der Waals surface area contributed by atoms with Gasteiger partial charge in [-0.25, -0.2) is 9.50 Å². The Kier molecular flexibility index (Phi) is 3.97. The second-order valence-corrected chi connectivity index (χ2v) is 6.33. The highest BCUT2D eigenvalue weighted by Gasteiger charge is 2.23. The van der Waals surface area contributed by atoms with E-state index in [4.69, 9.17) is 4.74 Å². The highest BCUT2D eigenvalue weighted by Crippen LogP contribution is 2.24. The van der Waals surface area contributed by atoms with Gasteiger partial charge < -0.3 is 9.64 Å². The van der Waals surface area contributed by atoms with Gasteiger partial charge in [0.2, 0.25) is 0 Å². The number of hydrogen-bond donors (Lipinski definition) is 0. The van der Waals surface area contributed by atoms with E-state index in [0.717, 1.165) is 11.3 Å². The minimum atomic E-state index is -0.0389. The normalized spacial score (nSPS) is 14.9. The van der Waals surface area contributed by atoms with Gasteiger partial charge in [-0.2, -0.15) is 5.10 Å². The van der Waals surface area contributed by atoms with Gasteiger partial charge in [-0.3, -0.25) is 4.79 Å². The zero-order valence-electron chi connectivity index (χ0n) is 14.4. The van der Waals surface area contributed by atoms with E-state index in [9.17, 15) is 4.79 Å². The molecule has 0 unspecified atom stereocenters. The van der Waals surface area contributed by atoms with Gasteiger partial charge in [-0.15, -0.1) is 0 Å². The zero-order valence-corrected chi connectivity index (χ0v) is 14.4. The molecule has 6 nitrogen and oxygen atoms in total. The average Bonchev–Trinajstić information content (AvgIpc) is 3.08. The second-order valence-electron chi connectivity index (χ2n) is 6.33. The molecule has 0 spiro atoms. The van der Waals surface area contributed by atoms with E-state index in [-0.39, 0.29) is 5.91 Å². The first-order valence-corrected chi connectivity index (χ1v) is 8.42. The third-order valence-electron chi connectivity index (χ3n) is 4.73. The average molecular weight is 336 g/mol. The number of aromatic nitrogens is 3.